The fourth-order valence-electron chi connectivity index (χ4n) is 2.31. The number of hydrogen-bond acceptors (Lipinski definition) is 3. The van der Waals surface area contributed by atoms with Crippen molar-refractivity contribution in [1.29, 1.82) is 0 Å². The summed E-state index contributed by atoms with van der Waals surface area (Å²) in [6.45, 7) is 2.37. The first kappa shape index (κ1) is 11.0. The van der Waals surface area contributed by atoms with Crippen LogP contribution in [0.1, 0.15) is 32.6 Å². The van der Waals surface area contributed by atoms with E-state index in [4.69, 9.17) is 0 Å². The molecule has 15 heavy (non-hydrogen) atoms. The smallest absolute Gasteiger partial charge is 0.190 e. The van der Waals surface area contributed by atoms with E-state index in [0.717, 1.165) is 17.0 Å². The van der Waals surface area contributed by atoms with Gasteiger partial charge in [-0.15, -0.1) is 10.2 Å². The Balaban J connectivity index is 1.80. The minimum absolute atomic E-state index is 0.885. The van der Waals surface area contributed by atoms with Gasteiger partial charge in [0.15, 0.2) is 5.16 Å². The lowest BCUT2D eigenvalue weighted by atomic mass is 9.83. The van der Waals surface area contributed by atoms with Gasteiger partial charge in [0.25, 0.3) is 0 Å². The van der Waals surface area contributed by atoms with Crippen LogP contribution in [0.25, 0.3) is 0 Å². The number of thioether (sulfide) groups is 1. The van der Waals surface area contributed by atoms with Crippen LogP contribution in [0.15, 0.2) is 11.5 Å². The second kappa shape index (κ2) is 5.01. The molecule has 0 bridgehead atoms. The van der Waals surface area contributed by atoms with Gasteiger partial charge in [0.2, 0.25) is 0 Å². The van der Waals surface area contributed by atoms with Crippen molar-refractivity contribution in [2.45, 2.75) is 37.8 Å². The molecular formula is C11H19N3S. The van der Waals surface area contributed by atoms with Crippen LogP contribution in [0.4, 0.5) is 0 Å². The van der Waals surface area contributed by atoms with Crippen LogP contribution in [0.5, 0.6) is 0 Å². The largest absolute Gasteiger partial charge is 0.312 e. The van der Waals surface area contributed by atoms with Crippen molar-refractivity contribution in [3.8, 4) is 0 Å². The topological polar surface area (TPSA) is 30.7 Å². The van der Waals surface area contributed by atoms with Crippen molar-refractivity contribution in [3.05, 3.63) is 6.33 Å². The van der Waals surface area contributed by atoms with E-state index in [-0.39, 0.29) is 0 Å². The second-order valence-corrected chi connectivity index (χ2v) is 5.66. The van der Waals surface area contributed by atoms with Crippen LogP contribution in [-0.4, -0.2) is 20.5 Å². The molecule has 84 valence electrons. The maximum Gasteiger partial charge on any atom is 0.190 e. The van der Waals surface area contributed by atoms with Crippen LogP contribution in [0, 0.1) is 11.8 Å². The zero-order chi connectivity index (χ0) is 10.7. The van der Waals surface area contributed by atoms with Gasteiger partial charge < -0.3 is 4.57 Å². The van der Waals surface area contributed by atoms with E-state index in [2.05, 4.69) is 17.1 Å². The standard InChI is InChI=1S/C11H19N3S/c1-9-4-3-5-10(6-9)7-15-11-13-12-8-14(11)2/h8-10H,3-7H2,1-2H3. The molecule has 4 heteroatoms. The van der Waals surface area contributed by atoms with Crippen molar-refractivity contribution in [3.63, 3.8) is 0 Å². The molecule has 1 saturated carbocycles. The molecule has 2 unspecified atom stereocenters. The Labute approximate surface area is 95.7 Å². The molecule has 1 aliphatic rings. The molecule has 0 aromatic carbocycles. The van der Waals surface area contributed by atoms with Crippen molar-refractivity contribution in [2.24, 2.45) is 18.9 Å². The third kappa shape index (κ3) is 2.97. The van der Waals surface area contributed by atoms with E-state index in [1.807, 2.05) is 23.4 Å². The van der Waals surface area contributed by atoms with E-state index in [1.165, 1.54) is 31.4 Å². The zero-order valence-electron chi connectivity index (χ0n) is 9.52. The Hall–Kier alpha value is -0.510. The number of nitrogens with zero attached hydrogens (tertiary/aromatic N) is 3. The molecule has 0 saturated heterocycles. The van der Waals surface area contributed by atoms with E-state index >= 15 is 0 Å². The van der Waals surface area contributed by atoms with Crippen LogP contribution in [0.2, 0.25) is 0 Å². The molecule has 2 atom stereocenters. The lowest BCUT2D eigenvalue weighted by molar-refractivity contribution is 0.305. The second-order valence-electron chi connectivity index (χ2n) is 4.67. The summed E-state index contributed by atoms with van der Waals surface area (Å²) in [6.07, 6.45) is 7.39. The summed E-state index contributed by atoms with van der Waals surface area (Å²) in [4.78, 5) is 0. The fourth-order valence-corrected chi connectivity index (χ4v) is 3.35. The Kier molecular flexibility index (Phi) is 3.67. The molecule has 2 rings (SSSR count). The molecular weight excluding hydrogens is 206 g/mol. The summed E-state index contributed by atoms with van der Waals surface area (Å²) in [5.74, 6) is 3.01. The number of aryl methyl sites for hydroxylation is 1. The highest BCUT2D eigenvalue weighted by atomic mass is 32.2. The van der Waals surface area contributed by atoms with Crippen LogP contribution in [0.3, 0.4) is 0 Å². The zero-order valence-corrected chi connectivity index (χ0v) is 10.3. The fraction of sp³-hybridized carbons (Fsp3) is 0.818. The van der Waals surface area contributed by atoms with Gasteiger partial charge in [-0.3, -0.25) is 0 Å². The van der Waals surface area contributed by atoms with Gasteiger partial charge in [0.05, 0.1) is 0 Å². The minimum atomic E-state index is 0.885. The lowest BCUT2D eigenvalue weighted by Gasteiger charge is -2.26. The predicted octanol–water partition coefficient (Wildman–Crippen LogP) is 2.73. The Morgan fingerprint density at radius 1 is 1.53 bits per heavy atom. The first-order chi connectivity index (χ1) is 7.25. The summed E-state index contributed by atoms with van der Waals surface area (Å²) >= 11 is 1.85. The molecule has 0 radical (unpaired) electrons. The third-order valence-corrected chi connectivity index (χ3v) is 4.43. The summed E-state index contributed by atoms with van der Waals surface area (Å²) in [5.41, 5.74) is 0. The minimum Gasteiger partial charge on any atom is -0.312 e. The van der Waals surface area contributed by atoms with Crippen molar-refractivity contribution in [2.75, 3.05) is 5.75 Å². The van der Waals surface area contributed by atoms with Gasteiger partial charge in [-0.05, 0) is 24.7 Å². The highest BCUT2D eigenvalue weighted by molar-refractivity contribution is 7.99. The number of rotatable bonds is 3. The maximum atomic E-state index is 4.10. The highest BCUT2D eigenvalue weighted by Crippen LogP contribution is 2.32. The van der Waals surface area contributed by atoms with Gasteiger partial charge in [0.1, 0.15) is 6.33 Å². The van der Waals surface area contributed by atoms with Crippen molar-refractivity contribution < 1.29 is 0 Å². The Bertz CT molecular complexity index is 311. The normalized spacial score (nSPS) is 26.8. The predicted molar refractivity (Wildman–Crippen MR) is 62.8 cm³/mol. The van der Waals surface area contributed by atoms with Crippen LogP contribution in [-0.2, 0) is 7.05 Å². The molecule has 1 heterocycles. The summed E-state index contributed by atoms with van der Waals surface area (Å²) < 4.78 is 2.00. The van der Waals surface area contributed by atoms with Gasteiger partial charge in [0, 0.05) is 12.8 Å². The quantitative estimate of drug-likeness (QED) is 0.741. The molecule has 1 aromatic heterocycles. The maximum absolute atomic E-state index is 4.10. The Morgan fingerprint density at radius 3 is 3.07 bits per heavy atom. The first-order valence-electron chi connectivity index (χ1n) is 5.72. The Morgan fingerprint density at radius 2 is 2.40 bits per heavy atom. The molecule has 3 nitrogen and oxygen atoms in total. The van der Waals surface area contributed by atoms with Gasteiger partial charge >= 0.3 is 0 Å². The highest BCUT2D eigenvalue weighted by Gasteiger charge is 2.19. The van der Waals surface area contributed by atoms with E-state index < -0.39 is 0 Å². The molecule has 0 N–H and O–H groups in total. The molecule has 0 spiro atoms. The third-order valence-electron chi connectivity index (χ3n) is 3.16. The van der Waals surface area contributed by atoms with Crippen molar-refractivity contribution in [1.82, 2.24) is 14.8 Å². The molecule has 1 fully saturated rings. The van der Waals surface area contributed by atoms with Gasteiger partial charge in [-0.1, -0.05) is 31.5 Å². The van der Waals surface area contributed by atoms with Crippen LogP contribution < -0.4 is 0 Å². The van der Waals surface area contributed by atoms with Crippen molar-refractivity contribution >= 4 is 11.8 Å². The number of hydrogen-bond donors (Lipinski definition) is 0. The van der Waals surface area contributed by atoms with E-state index in [9.17, 15) is 0 Å². The molecule has 0 aliphatic heterocycles. The lowest BCUT2D eigenvalue weighted by Crippen LogP contribution is -2.15. The average molecular weight is 225 g/mol. The molecule has 0 amide bonds. The summed E-state index contributed by atoms with van der Waals surface area (Å²) in [5, 5.41) is 9.04. The summed E-state index contributed by atoms with van der Waals surface area (Å²) in [7, 11) is 2.01. The van der Waals surface area contributed by atoms with E-state index in [1.54, 1.807) is 6.33 Å². The van der Waals surface area contributed by atoms with Gasteiger partial charge in [-0.2, -0.15) is 0 Å². The molecule has 1 aliphatic carbocycles. The SMILES string of the molecule is CC1CCCC(CSc2nncn2C)C1. The van der Waals surface area contributed by atoms with E-state index in [0.29, 0.717) is 0 Å². The van der Waals surface area contributed by atoms with Crippen LogP contribution >= 0.6 is 11.8 Å². The average Bonchev–Trinajstić information content (AvgIpc) is 2.61. The molecule has 1 aromatic rings. The number of aromatic nitrogens is 3. The van der Waals surface area contributed by atoms with Gasteiger partial charge in [-0.25, -0.2) is 0 Å². The monoisotopic (exact) mass is 225 g/mol. The first-order valence-corrected chi connectivity index (χ1v) is 6.71. The summed E-state index contributed by atoms with van der Waals surface area (Å²) in [6, 6.07) is 0.